The van der Waals surface area contributed by atoms with E-state index in [1.165, 1.54) is 6.20 Å². The zero-order chi connectivity index (χ0) is 13.2. The third-order valence-corrected chi connectivity index (χ3v) is 3.81. The molecule has 1 N–H and O–H groups in total. The molecule has 0 aromatic carbocycles. The number of aromatic nitrogens is 1. The molecule has 2 heterocycles. The summed E-state index contributed by atoms with van der Waals surface area (Å²) in [5, 5.41) is 6.64. The van der Waals surface area contributed by atoms with Crippen LogP contribution in [0.5, 0.6) is 0 Å². The maximum atomic E-state index is 12.1. The summed E-state index contributed by atoms with van der Waals surface area (Å²) in [5.74, 6) is 0.419. The van der Waals surface area contributed by atoms with Crippen molar-refractivity contribution in [3.8, 4) is 0 Å². The molecule has 1 amide bonds. The fourth-order valence-electron chi connectivity index (χ4n) is 2.78. The largest absolute Gasteiger partial charge is 0.373 e. The minimum absolute atomic E-state index is 0.108. The van der Waals surface area contributed by atoms with Crippen molar-refractivity contribution in [2.45, 2.75) is 44.4 Å². The van der Waals surface area contributed by atoms with E-state index in [2.05, 4.69) is 10.5 Å². The van der Waals surface area contributed by atoms with E-state index in [4.69, 9.17) is 14.0 Å². The van der Waals surface area contributed by atoms with E-state index in [1.807, 2.05) is 0 Å². The molecule has 2 fully saturated rings. The Bertz CT molecular complexity index is 459. The Morgan fingerprint density at radius 1 is 1.32 bits per heavy atom. The number of nitrogens with one attached hydrogen (secondary N) is 1. The van der Waals surface area contributed by atoms with Gasteiger partial charge in [-0.3, -0.25) is 4.79 Å². The van der Waals surface area contributed by atoms with Gasteiger partial charge in [0, 0.05) is 6.04 Å². The molecular formula is C13H18N2O4. The molecule has 1 aliphatic heterocycles. The van der Waals surface area contributed by atoms with Crippen LogP contribution in [0.3, 0.4) is 0 Å². The Labute approximate surface area is 111 Å². The summed E-state index contributed by atoms with van der Waals surface area (Å²) >= 11 is 0. The first-order chi connectivity index (χ1) is 9.24. The van der Waals surface area contributed by atoms with Gasteiger partial charge in [0.1, 0.15) is 11.3 Å². The second-order valence-corrected chi connectivity index (χ2v) is 5.10. The molecule has 2 aliphatic rings. The van der Waals surface area contributed by atoms with Crippen LogP contribution in [0.2, 0.25) is 0 Å². The molecular weight excluding hydrogens is 248 g/mol. The molecule has 6 nitrogen and oxygen atoms in total. The molecule has 1 saturated heterocycles. The predicted octanol–water partition coefficient (Wildman–Crippen LogP) is 1.05. The quantitative estimate of drug-likeness (QED) is 0.866. The van der Waals surface area contributed by atoms with Crippen molar-refractivity contribution in [3.05, 3.63) is 17.5 Å². The minimum Gasteiger partial charge on any atom is -0.373 e. The van der Waals surface area contributed by atoms with Gasteiger partial charge < -0.3 is 19.3 Å². The van der Waals surface area contributed by atoms with E-state index in [9.17, 15) is 4.79 Å². The molecule has 104 valence electrons. The van der Waals surface area contributed by atoms with Gasteiger partial charge in [0.15, 0.2) is 0 Å². The van der Waals surface area contributed by atoms with Crippen molar-refractivity contribution >= 4 is 5.91 Å². The zero-order valence-electron chi connectivity index (χ0n) is 10.9. The van der Waals surface area contributed by atoms with Gasteiger partial charge >= 0.3 is 0 Å². The van der Waals surface area contributed by atoms with Crippen molar-refractivity contribution in [1.82, 2.24) is 10.5 Å². The van der Waals surface area contributed by atoms with E-state index < -0.39 is 0 Å². The first-order valence-electron chi connectivity index (χ1n) is 6.69. The topological polar surface area (TPSA) is 73.6 Å². The van der Waals surface area contributed by atoms with Gasteiger partial charge in [-0.2, -0.15) is 0 Å². The first kappa shape index (κ1) is 12.6. The Balaban J connectivity index is 1.59. The highest BCUT2D eigenvalue weighted by molar-refractivity contribution is 5.94. The summed E-state index contributed by atoms with van der Waals surface area (Å²) in [6, 6.07) is 0.129. The number of amides is 1. The van der Waals surface area contributed by atoms with Gasteiger partial charge in [0.25, 0.3) is 5.91 Å². The summed E-state index contributed by atoms with van der Waals surface area (Å²) in [7, 11) is 0. The van der Waals surface area contributed by atoms with Crippen LogP contribution in [0.4, 0.5) is 0 Å². The number of hydrogen-bond acceptors (Lipinski definition) is 5. The lowest BCUT2D eigenvalue weighted by atomic mass is 9.89. The summed E-state index contributed by atoms with van der Waals surface area (Å²) < 4.78 is 16.3. The molecule has 0 bridgehead atoms. The van der Waals surface area contributed by atoms with Crippen LogP contribution >= 0.6 is 0 Å². The second kappa shape index (κ2) is 5.30. The lowest BCUT2D eigenvalue weighted by Crippen LogP contribution is -2.49. The highest BCUT2D eigenvalue weighted by Gasteiger charge is 2.35. The maximum Gasteiger partial charge on any atom is 0.256 e. The SMILES string of the molecule is Cc1oncc1C(=O)NC1CCC2OCCOC2C1. The van der Waals surface area contributed by atoms with Crippen LogP contribution in [0.1, 0.15) is 35.4 Å². The van der Waals surface area contributed by atoms with Gasteiger partial charge in [-0.05, 0) is 26.2 Å². The molecule has 3 rings (SSSR count). The predicted molar refractivity (Wildman–Crippen MR) is 65.8 cm³/mol. The lowest BCUT2D eigenvalue weighted by molar-refractivity contribution is -0.157. The van der Waals surface area contributed by atoms with Crippen LogP contribution < -0.4 is 5.32 Å². The maximum absolute atomic E-state index is 12.1. The van der Waals surface area contributed by atoms with Crippen molar-refractivity contribution < 1.29 is 18.8 Å². The second-order valence-electron chi connectivity index (χ2n) is 5.10. The van der Waals surface area contributed by atoms with E-state index in [1.54, 1.807) is 6.92 Å². The fourth-order valence-corrected chi connectivity index (χ4v) is 2.78. The molecule has 1 aromatic heterocycles. The number of hydrogen-bond donors (Lipinski definition) is 1. The number of rotatable bonds is 2. The third kappa shape index (κ3) is 2.64. The molecule has 1 saturated carbocycles. The highest BCUT2D eigenvalue weighted by Crippen LogP contribution is 2.27. The Kier molecular flexibility index (Phi) is 3.52. The van der Waals surface area contributed by atoms with Crippen molar-refractivity contribution in [2.75, 3.05) is 13.2 Å². The smallest absolute Gasteiger partial charge is 0.256 e. The van der Waals surface area contributed by atoms with Crippen LogP contribution in [-0.4, -0.2) is 42.5 Å². The van der Waals surface area contributed by atoms with Crippen LogP contribution in [0.15, 0.2) is 10.7 Å². The Morgan fingerprint density at radius 3 is 2.84 bits per heavy atom. The lowest BCUT2D eigenvalue weighted by Gasteiger charge is -2.39. The molecule has 1 aliphatic carbocycles. The standard InChI is InChI=1S/C13H18N2O4/c1-8-10(7-14-19-8)13(16)15-9-2-3-11-12(6-9)18-5-4-17-11/h7,9,11-12H,2-6H2,1H3,(H,15,16). The Hall–Kier alpha value is -1.40. The summed E-state index contributed by atoms with van der Waals surface area (Å²) in [5.41, 5.74) is 0.503. The van der Waals surface area contributed by atoms with Gasteiger partial charge in [-0.15, -0.1) is 0 Å². The molecule has 6 heteroatoms. The van der Waals surface area contributed by atoms with Crippen molar-refractivity contribution in [2.24, 2.45) is 0 Å². The third-order valence-electron chi connectivity index (χ3n) is 3.81. The van der Waals surface area contributed by atoms with Crippen LogP contribution in [0.25, 0.3) is 0 Å². The van der Waals surface area contributed by atoms with Gasteiger partial charge in [0.2, 0.25) is 0 Å². The molecule has 19 heavy (non-hydrogen) atoms. The van der Waals surface area contributed by atoms with Crippen LogP contribution in [-0.2, 0) is 9.47 Å². The van der Waals surface area contributed by atoms with E-state index in [-0.39, 0.29) is 24.2 Å². The zero-order valence-corrected chi connectivity index (χ0v) is 10.9. The average molecular weight is 266 g/mol. The number of carbonyl (C=O) groups excluding carboxylic acids is 1. The first-order valence-corrected chi connectivity index (χ1v) is 6.69. The monoisotopic (exact) mass is 266 g/mol. The number of ether oxygens (including phenoxy) is 2. The molecule has 0 radical (unpaired) electrons. The van der Waals surface area contributed by atoms with E-state index in [0.29, 0.717) is 24.5 Å². The van der Waals surface area contributed by atoms with E-state index in [0.717, 1.165) is 19.3 Å². The number of fused-ring (bicyclic) bond motifs is 1. The Morgan fingerprint density at radius 2 is 2.11 bits per heavy atom. The van der Waals surface area contributed by atoms with Crippen molar-refractivity contribution in [3.63, 3.8) is 0 Å². The number of aryl methyl sites for hydroxylation is 1. The molecule has 0 spiro atoms. The average Bonchev–Trinajstić information content (AvgIpc) is 2.85. The highest BCUT2D eigenvalue weighted by atomic mass is 16.6. The molecule has 1 aromatic rings. The summed E-state index contributed by atoms with van der Waals surface area (Å²) in [4.78, 5) is 12.1. The normalized spacial score (nSPS) is 30.7. The van der Waals surface area contributed by atoms with Gasteiger partial charge in [-0.1, -0.05) is 5.16 Å². The van der Waals surface area contributed by atoms with E-state index >= 15 is 0 Å². The molecule has 3 unspecified atom stereocenters. The summed E-state index contributed by atoms with van der Waals surface area (Å²) in [6.07, 6.45) is 4.41. The number of carbonyl (C=O) groups is 1. The fraction of sp³-hybridized carbons (Fsp3) is 0.692. The van der Waals surface area contributed by atoms with Crippen molar-refractivity contribution in [1.29, 1.82) is 0 Å². The summed E-state index contributed by atoms with van der Waals surface area (Å²) in [6.45, 7) is 3.06. The number of nitrogens with zero attached hydrogens (tertiary/aromatic N) is 1. The van der Waals surface area contributed by atoms with Gasteiger partial charge in [-0.25, -0.2) is 0 Å². The van der Waals surface area contributed by atoms with Crippen LogP contribution in [0, 0.1) is 6.92 Å². The molecule has 3 atom stereocenters. The van der Waals surface area contributed by atoms with Gasteiger partial charge in [0.05, 0.1) is 31.6 Å². The minimum atomic E-state index is -0.126.